The van der Waals surface area contributed by atoms with Gasteiger partial charge in [0, 0.05) is 24.8 Å². The number of aromatic nitrogens is 2. The minimum Gasteiger partial charge on any atom is -0.313 e. The maximum atomic E-state index is 4.23. The van der Waals surface area contributed by atoms with Crippen molar-refractivity contribution in [1.82, 2.24) is 15.1 Å². The number of hydrogen-bond acceptors (Lipinski definition) is 2. The third-order valence-electron chi connectivity index (χ3n) is 3.04. The molecule has 1 rings (SSSR count). The van der Waals surface area contributed by atoms with Crippen molar-refractivity contribution in [3.8, 4) is 0 Å². The van der Waals surface area contributed by atoms with E-state index in [2.05, 4.69) is 31.2 Å². The summed E-state index contributed by atoms with van der Waals surface area (Å²) in [6.45, 7) is 8.74. The number of rotatable bonds is 7. The Morgan fingerprint density at radius 3 is 2.69 bits per heavy atom. The number of aryl methyl sites for hydroxylation is 1. The van der Waals surface area contributed by atoms with Gasteiger partial charge in [0.25, 0.3) is 0 Å². The molecule has 0 aromatic carbocycles. The van der Waals surface area contributed by atoms with Crippen molar-refractivity contribution >= 4 is 0 Å². The third-order valence-corrected chi connectivity index (χ3v) is 3.04. The standard InChI is InChI=1S/C13H25N3/c1-11(2)7-5-6-8-14-9-13-10-15-16(4)12(13)3/h10-11,14H,5-9H2,1-4H3. The molecule has 0 atom stereocenters. The molecule has 0 aliphatic carbocycles. The van der Waals surface area contributed by atoms with Crippen LogP contribution in [0.4, 0.5) is 0 Å². The van der Waals surface area contributed by atoms with Crippen molar-refractivity contribution in [2.24, 2.45) is 13.0 Å². The first-order valence-corrected chi connectivity index (χ1v) is 6.29. The zero-order valence-electron chi connectivity index (χ0n) is 11.1. The Morgan fingerprint density at radius 1 is 1.38 bits per heavy atom. The average Bonchev–Trinajstić information content (AvgIpc) is 2.54. The van der Waals surface area contributed by atoms with E-state index in [0.717, 1.165) is 19.0 Å². The normalized spacial score (nSPS) is 11.3. The minimum atomic E-state index is 0.834. The van der Waals surface area contributed by atoms with E-state index in [4.69, 9.17) is 0 Å². The van der Waals surface area contributed by atoms with Gasteiger partial charge in [0.15, 0.2) is 0 Å². The van der Waals surface area contributed by atoms with Crippen molar-refractivity contribution in [3.05, 3.63) is 17.5 Å². The Labute approximate surface area is 99.2 Å². The Kier molecular flexibility index (Phi) is 5.53. The van der Waals surface area contributed by atoms with Crippen molar-refractivity contribution < 1.29 is 0 Å². The second-order valence-corrected chi connectivity index (χ2v) is 4.95. The number of hydrogen-bond donors (Lipinski definition) is 1. The lowest BCUT2D eigenvalue weighted by molar-refractivity contribution is 0.520. The summed E-state index contributed by atoms with van der Waals surface area (Å²) in [5, 5.41) is 7.71. The maximum absolute atomic E-state index is 4.23. The highest BCUT2D eigenvalue weighted by Crippen LogP contribution is 2.06. The monoisotopic (exact) mass is 223 g/mol. The van der Waals surface area contributed by atoms with Crippen LogP contribution in [0.3, 0.4) is 0 Å². The molecule has 1 heterocycles. The Hall–Kier alpha value is -0.830. The van der Waals surface area contributed by atoms with Crippen LogP contribution in [0.15, 0.2) is 6.20 Å². The molecule has 0 radical (unpaired) electrons. The van der Waals surface area contributed by atoms with E-state index in [1.54, 1.807) is 0 Å². The van der Waals surface area contributed by atoms with E-state index in [-0.39, 0.29) is 0 Å². The predicted octanol–water partition coefficient (Wildman–Crippen LogP) is 2.64. The second kappa shape index (κ2) is 6.69. The summed E-state index contributed by atoms with van der Waals surface area (Å²) in [4.78, 5) is 0. The van der Waals surface area contributed by atoms with E-state index in [1.165, 1.54) is 30.5 Å². The van der Waals surface area contributed by atoms with Crippen molar-refractivity contribution in [2.45, 2.75) is 46.6 Å². The summed E-state index contributed by atoms with van der Waals surface area (Å²) < 4.78 is 1.93. The average molecular weight is 223 g/mol. The van der Waals surface area contributed by atoms with Gasteiger partial charge in [-0.2, -0.15) is 5.10 Å². The summed E-state index contributed by atoms with van der Waals surface area (Å²) in [6, 6.07) is 0. The van der Waals surface area contributed by atoms with Crippen LogP contribution in [-0.2, 0) is 13.6 Å². The SMILES string of the molecule is Cc1c(CNCCCCC(C)C)cnn1C. The van der Waals surface area contributed by atoms with Crippen LogP contribution >= 0.6 is 0 Å². The quantitative estimate of drug-likeness (QED) is 0.720. The lowest BCUT2D eigenvalue weighted by atomic mass is 10.1. The minimum absolute atomic E-state index is 0.834. The van der Waals surface area contributed by atoms with Gasteiger partial charge in [-0.05, 0) is 25.8 Å². The fourth-order valence-corrected chi connectivity index (χ4v) is 1.74. The van der Waals surface area contributed by atoms with Gasteiger partial charge < -0.3 is 5.32 Å². The predicted molar refractivity (Wildman–Crippen MR) is 68.3 cm³/mol. The fourth-order valence-electron chi connectivity index (χ4n) is 1.74. The molecule has 1 aromatic rings. The topological polar surface area (TPSA) is 29.9 Å². The molecule has 3 heteroatoms. The van der Waals surface area contributed by atoms with Crippen LogP contribution in [0.25, 0.3) is 0 Å². The van der Waals surface area contributed by atoms with Crippen molar-refractivity contribution in [1.29, 1.82) is 0 Å². The maximum Gasteiger partial charge on any atom is 0.0537 e. The van der Waals surface area contributed by atoms with Gasteiger partial charge in [-0.25, -0.2) is 0 Å². The van der Waals surface area contributed by atoms with E-state index >= 15 is 0 Å². The molecule has 3 nitrogen and oxygen atoms in total. The lowest BCUT2D eigenvalue weighted by Gasteiger charge is -2.06. The molecule has 92 valence electrons. The zero-order chi connectivity index (χ0) is 12.0. The van der Waals surface area contributed by atoms with Crippen LogP contribution in [-0.4, -0.2) is 16.3 Å². The summed E-state index contributed by atoms with van der Waals surface area (Å²) in [6.07, 6.45) is 5.90. The van der Waals surface area contributed by atoms with Crippen LogP contribution in [0.5, 0.6) is 0 Å². The first-order chi connectivity index (χ1) is 7.61. The molecule has 0 aliphatic heterocycles. The molecule has 0 spiro atoms. The van der Waals surface area contributed by atoms with Crippen molar-refractivity contribution in [3.63, 3.8) is 0 Å². The Morgan fingerprint density at radius 2 is 2.12 bits per heavy atom. The highest BCUT2D eigenvalue weighted by atomic mass is 15.3. The smallest absolute Gasteiger partial charge is 0.0537 e. The highest BCUT2D eigenvalue weighted by Gasteiger charge is 2.02. The van der Waals surface area contributed by atoms with Gasteiger partial charge in [0.2, 0.25) is 0 Å². The molecule has 0 unspecified atom stereocenters. The molecule has 1 aromatic heterocycles. The molecular weight excluding hydrogens is 198 g/mol. The molecule has 0 bridgehead atoms. The van der Waals surface area contributed by atoms with E-state index < -0.39 is 0 Å². The number of nitrogens with zero attached hydrogens (tertiary/aromatic N) is 2. The van der Waals surface area contributed by atoms with Gasteiger partial charge in [0.1, 0.15) is 0 Å². The third kappa shape index (κ3) is 4.35. The van der Waals surface area contributed by atoms with E-state index in [0.29, 0.717) is 0 Å². The number of nitrogens with one attached hydrogen (secondary N) is 1. The van der Waals surface area contributed by atoms with Gasteiger partial charge in [0.05, 0.1) is 6.20 Å². The molecule has 1 N–H and O–H groups in total. The molecule has 0 saturated carbocycles. The summed E-state index contributed by atoms with van der Waals surface area (Å²) in [5.41, 5.74) is 2.57. The van der Waals surface area contributed by atoms with Gasteiger partial charge in [-0.15, -0.1) is 0 Å². The largest absolute Gasteiger partial charge is 0.313 e. The van der Waals surface area contributed by atoms with E-state index in [9.17, 15) is 0 Å². The van der Waals surface area contributed by atoms with Gasteiger partial charge >= 0.3 is 0 Å². The first-order valence-electron chi connectivity index (χ1n) is 6.29. The molecular formula is C13H25N3. The molecule has 0 fully saturated rings. The summed E-state index contributed by atoms with van der Waals surface area (Å²) in [5.74, 6) is 0.834. The van der Waals surface area contributed by atoms with Crippen LogP contribution in [0, 0.1) is 12.8 Å². The van der Waals surface area contributed by atoms with Crippen molar-refractivity contribution in [2.75, 3.05) is 6.54 Å². The van der Waals surface area contributed by atoms with Crippen LogP contribution in [0.1, 0.15) is 44.4 Å². The Balaban J connectivity index is 2.10. The van der Waals surface area contributed by atoms with E-state index in [1.807, 2.05) is 17.9 Å². The number of unbranched alkanes of at least 4 members (excludes halogenated alkanes) is 1. The van der Waals surface area contributed by atoms with Crippen LogP contribution < -0.4 is 5.32 Å². The first kappa shape index (κ1) is 13.2. The molecule has 0 saturated heterocycles. The molecule has 0 aliphatic rings. The van der Waals surface area contributed by atoms with Gasteiger partial charge in [-0.3, -0.25) is 4.68 Å². The fraction of sp³-hybridized carbons (Fsp3) is 0.769. The van der Waals surface area contributed by atoms with Crippen LogP contribution in [0.2, 0.25) is 0 Å². The second-order valence-electron chi connectivity index (χ2n) is 4.95. The summed E-state index contributed by atoms with van der Waals surface area (Å²) >= 11 is 0. The summed E-state index contributed by atoms with van der Waals surface area (Å²) in [7, 11) is 1.99. The highest BCUT2D eigenvalue weighted by molar-refractivity contribution is 5.15. The zero-order valence-corrected chi connectivity index (χ0v) is 11.1. The van der Waals surface area contributed by atoms with Gasteiger partial charge in [-0.1, -0.05) is 26.7 Å². The lowest BCUT2D eigenvalue weighted by Crippen LogP contribution is -2.15. The molecule has 0 amide bonds. The molecule has 16 heavy (non-hydrogen) atoms. The Bertz CT molecular complexity index is 302.